The van der Waals surface area contributed by atoms with E-state index >= 15 is 0 Å². The first-order chi connectivity index (χ1) is 8.15. The molecule has 1 heterocycles. The first-order valence-corrected chi connectivity index (χ1v) is 5.61. The quantitative estimate of drug-likeness (QED) is 0.879. The maximum Gasteiger partial charge on any atom is 0.247 e. The van der Waals surface area contributed by atoms with Crippen molar-refractivity contribution in [2.75, 3.05) is 0 Å². The van der Waals surface area contributed by atoms with Crippen molar-refractivity contribution >= 4 is 0 Å². The van der Waals surface area contributed by atoms with Crippen LogP contribution < -0.4 is 10.3 Å². The van der Waals surface area contributed by atoms with E-state index in [0.717, 1.165) is 16.9 Å². The van der Waals surface area contributed by atoms with Gasteiger partial charge in [0, 0.05) is 12.3 Å². The SMILES string of the molecule is CC(C)Oc1ccc(-c2ccc(=O)[nH]c2)cc1. The molecule has 0 fully saturated rings. The molecule has 0 amide bonds. The van der Waals surface area contributed by atoms with Crippen LogP contribution in [0.15, 0.2) is 47.4 Å². The van der Waals surface area contributed by atoms with Gasteiger partial charge in [0.1, 0.15) is 5.75 Å². The molecule has 0 unspecified atom stereocenters. The van der Waals surface area contributed by atoms with E-state index < -0.39 is 0 Å². The van der Waals surface area contributed by atoms with Gasteiger partial charge in [-0.05, 0) is 43.2 Å². The van der Waals surface area contributed by atoms with Gasteiger partial charge in [0.25, 0.3) is 0 Å². The fourth-order valence-electron chi connectivity index (χ4n) is 1.59. The zero-order chi connectivity index (χ0) is 12.3. The van der Waals surface area contributed by atoms with Crippen molar-refractivity contribution < 1.29 is 4.74 Å². The molecular weight excluding hydrogens is 214 g/mol. The number of benzene rings is 1. The molecule has 0 radical (unpaired) electrons. The van der Waals surface area contributed by atoms with Gasteiger partial charge < -0.3 is 9.72 Å². The van der Waals surface area contributed by atoms with Crippen molar-refractivity contribution in [2.45, 2.75) is 20.0 Å². The number of aromatic nitrogens is 1. The zero-order valence-electron chi connectivity index (χ0n) is 9.94. The molecule has 0 aliphatic carbocycles. The van der Waals surface area contributed by atoms with E-state index in [9.17, 15) is 4.79 Å². The maximum atomic E-state index is 11.0. The fourth-order valence-corrected chi connectivity index (χ4v) is 1.59. The predicted molar refractivity (Wildman–Crippen MR) is 68.3 cm³/mol. The van der Waals surface area contributed by atoms with E-state index in [0.29, 0.717) is 0 Å². The van der Waals surface area contributed by atoms with Crippen LogP contribution in [0.1, 0.15) is 13.8 Å². The Morgan fingerprint density at radius 1 is 1.00 bits per heavy atom. The van der Waals surface area contributed by atoms with Gasteiger partial charge in [0.05, 0.1) is 6.10 Å². The van der Waals surface area contributed by atoms with Crippen LogP contribution in [0.5, 0.6) is 5.75 Å². The van der Waals surface area contributed by atoms with Crippen LogP contribution >= 0.6 is 0 Å². The van der Waals surface area contributed by atoms with Crippen LogP contribution in [-0.4, -0.2) is 11.1 Å². The molecule has 0 atom stereocenters. The Morgan fingerprint density at radius 3 is 2.18 bits per heavy atom. The van der Waals surface area contributed by atoms with Crippen molar-refractivity contribution in [1.82, 2.24) is 4.98 Å². The summed E-state index contributed by atoms with van der Waals surface area (Å²) >= 11 is 0. The normalized spacial score (nSPS) is 10.5. The molecule has 2 aromatic rings. The highest BCUT2D eigenvalue weighted by Gasteiger charge is 2.00. The largest absolute Gasteiger partial charge is 0.491 e. The monoisotopic (exact) mass is 229 g/mol. The van der Waals surface area contributed by atoms with Crippen molar-refractivity contribution in [3.8, 4) is 16.9 Å². The minimum atomic E-state index is -0.0893. The molecule has 1 aromatic heterocycles. The van der Waals surface area contributed by atoms with Gasteiger partial charge in [-0.3, -0.25) is 4.79 Å². The van der Waals surface area contributed by atoms with Gasteiger partial charge in [0.15, 0.2) is 0 Å². The Bertz CT molecular complexity index is 520. The number of hydrogen-bond acceptors (Lipinski definition) is 2. The van der Waals surface area contributed by atoms with Crippen LogP contribution in [0.4, 0.5) is 0 Å². The molecule has 0 bridgehead atoms. The van der Waals surface area contributed by atoms with Crippen LogP contribution in [0, 0.1) is 0 Å². The van der Waals surface area contributed by atoms with Crippen LogP contribution in [-0.2, 0) is 0 Å². The highest BCUT2D eigenvalue weighted by molar-refractivity contribution is 5.62. The predicted octanol–water partition coefficient (Wildman–Crippen LogP) is 2.83. The van der Waals surface area contributed by atoms with E-state index in [2.05, 4.69) is 4.98 Å². The lowest BCUT2D eigenvalue weighted by Gasteiger charge is -2.10. The van der Waals surface area contributed by atoms with Gasteiger partial charge in [-0.25, -0.2) is 0 Å². The summed E-state index contributed by atoms with van der Waals surface area (Å²) in [4.78, 5) is 13.6. The average molecular weight is 229 g/mol. The highest BCUT2D eigenvalue weighted by atomic mass is 16.5. The van der Waals surface area contributed by atoms with Crippen LogP contribution in [0.2, 0.25) is 0 Å². The van der Waals surface area contributed by atoms with E-state index in [1.807, 2.05) is 38.1 Å². The Kier molecular flexibility index (Phi) is 3.28. The summed E-state index contributed by atoms with van der Waals surface area (Å²) in [6.45, 7) is 3.99. The first kappa shape index (κ1) is 11.5. The van der Waals surface area contributed by atoms with Crippen LogP contribution in [0.3, 0.4) is 0 Å². The molecular formula is C14H15NO2. The number of H-pyrrole nitrogens is 1. The molecule has 0 saturated heterocycles. The Labute approximate surface area is 100 Å². The molecule has 0 aliphatic rings. The number of pyridine rings is 1. The van der Waals surface area contributed by atoms with Gasteiger partial charge >= 0.3 is 0 Å². The third-order valence-electron chi connectivity index (χ3n) is 2.34. The van der Waals surface area contributed by atoms with Crippen LogP contribution in [0.25, 0.3) is 11.1 Å². The Morgan fingerprint density at radius 2 is 1.65 bits per heavy atom. The average Bonchev–Trinajstić information content (AvgIpc) is 2.30. The molecule has 0 saturated carbocycles. The summed E-state index contributed by atoms with van der Waals surface area (Å²) in [5.74, 6) is 0.855. The number of nitrogens with one attached hydrogen (secondary N) is 1. The van der Waals surface area contributed by atoms with E-state index in [-0.39, 0.29) is 11.7 Å². The summed E-state index contributed by atoms with van der Waals surface area (Å²) in [5, 5.41) is 0. The Balaban J connectivity index is 2.23. The zero-order valence-corrected chi connectivity index (χ0v) is 9.94. The van der Waals surface area contributed by atoms with Gasteiger partial charge in [0.2, 0.25) is 5.56 Å². The molecule has 0 aliphatic heterocycles. The topological polar surface area (TPSA) is 42.1 Å². The summed E-state index contributed by atoms with van der Waals surface area (Å²) in [6, 6.07) is 11.1. The summed E-state index contributed by atoms with van der Waals surface area (Å²) < 4.78 is 5.57. The minimum absolute atomic E-state index is 0.0893. The fraction of sp³-hybridized carbons (Fsp3) is 0.214. The van der Waals surface area contributed by atoms with Crippen molar-refractivity contribution in [1.29, 1.82) is 0 Å². The second-order valence-electron chi connectivity index (χ2n) is 4.13. The van der Waals surface area contributed by atoms with E-state index in [1.165, 1.54) is 6.07 Å². The molecule has 3 nitrogen and oxygen atoms in total. The molecule has 0 spiro atoms. The highest BCUT2D eigenvalue weighted by Crippen LogP contribution is 2.21. The maximum absolute atomic E-state index is 11.0. The molecule has 17 heavy (non-hydrogen) atoms. The standard InChI is InChI=1S/C14H15NO2/c1-10(2)17-13-6-3-11(4-7-13)12-5-8-14(16)15-9-12/h3-10H,1-2H3,(H,15,16). The first-order valence-electron chi connectivity index (χ1n) is 5.61. The van der Waals surface area contributed by atoms with E-state index in [1.54, 1.807) is 12.3 Å². The number of rotatable bonds is 3. The summed E-state index contributed by atoms with van der Waals surface area (Å²) in [7, 11) is 0. The third-order valence-corrected chi connectivity index (χ3v) is 2.34. The molecule has 88 valence electrons. The smallest absolute Gasteiger partial charge is 0.247 e. The number of ether oxygens (including phenoxy) is 1. The number of aromatic amines is 1. The van der Waals surface area contributed by atoms with Gasteiger partial charge in [-0.1, -0.05) is 12.1 Å². The summed E-state index contributed by atoms with van der Waals surface area (Å²) in [5.41, 5.74) is 1.95. The van der Waals surface area contributed by atoms with Crippen molar-refractivity contribution in [3.05, 3.63) is 52.9 Å². The van der Waals surface area contributed by atoms with Gasteiger partial charge in [-0.2, -0.15) is 0 Å². The second-order valence-corrected chi connectivity index (χ2v) is 4.13. The summed E-state index contributed by atoms with van der Waals surface area (Å²) in [6.07, 6.45) is 1.88. The number of hydrogen-bond donors (Lipinski definition) is 1. The molecule has 2 rings (SSSR count). The van der Waals surface area contributed by atoms with Crippen molar-refractivity contribution in [3.63, 3.8) is 0 Å². The second kappa shape index (κ2) is 4.87. The molecule has 1 aromatic carbocycles. The van der Waals surface area contributed by atoms with Gasteiger partial charge in [-0.15, -0.1) is 0 Å². The third kappa shape index (κ3) is 2.97. The molecule has 1 N–H and O–H groups in total. The lowest BCUT2D eigenvalue weighted by molar-refractivity contribution is 0.242. The minimum Gasteiger partial charge on any atom is -0.491 e. The lowest BCUT2D eigenvalue weighted by Crippen LogP contribution is -2.05. The Hall–Kier alpha value is -2.03. The van der Waals surface area contributed by atoms with E-state index in [4.69, 9.17) is 4.74 Å². The lowest BCUT2D eigenvalue weighted by atomic mass is 10.1. The molecule has 3 heteroatoms. The van der Waals surface area contributed by atoms with Crippen molar-refractivity contribution in [2.24, 2.45) is 0 Å².